The predicted octanol–water partition coefficient (Wildman–Crippen LogP) is 6.10. The quantitative estimate of drug-likeness (QED) is 0.0778. The second kappa shape index (κ2) is 12.8. The van der Waals surface area contributed by atoms with Crippen LogP contribution in [0.3, 0.4) is 0 Å². The molecule has 0 aliphatic carbocycles. The third-order valence-corrected chi connectivity index (χ3v) is 6.61. The van der Waals surface area contributed by atoms with Gasteiger partial charge in [0.2, 0.25) is 29.1 Å². The molecule has 0 aliphatic rings. The van der Waals surface area contributed by atoms with E-state index in [9.17, 15) is 26.5 Å². The Labute approximate surface area is 172 Å². The van der Waals surface area contributed by atoms with Crippen molar-refractivity contribution in [1.82, 2.24) is 0 Å². The number of rotatable bonds is 14. The molecule has 0 spiro atoms. The van der Waals surface area contributed by atoms with Gasteiger partial charge in [0.1, 0.15) is 4.99 Å². The average molecular weight is 464 g/mol. The zero-order chi connectivity index (χ0) is 22.0. The van der Waals surface area contributed by atoms with Gasteiger partial charge in [-0.25, -0.2) is 13.2 Å². The van der Waals surface area contributed by atoms with E-state index in [-0.39, 0.29) is 6.61 Å². The van der Waals surface area contributed by atoms with Crippen LogP contribution in [0.1, 0.15) is 64.2 Å². The third kappa shape index (κ3) is 8.82. The van der Waals surface area contributed by atoms with E-state index < -0.39 is 47.4 Å². The molecule has 1 aromatic rings. The van der Waals surface area contributed by atoms with E-state index in [0.717, 1.165) is 38.5 Å². The van der Waals surface area contributed by atoms with Gasteiger partial charge in [0.05, 0.1) is 6.61 Å². The molecule has 0 aromatic heterocycles. The summed E-state index contributed by atoms with van der Waals surface area (Å²) in [6, 6.07) is 0. The molecule has 1 rings (SSSR count). The molecule has 29 heavy (non-hydrogen) atoms. The number of hydrogen-bond acceptors (Lipinski definition) is 3. The summed E-state index contributed by atoms with van der Waals surface area (Å²) in [5.74, 6) is -11.4. The minimum absolute atomic E-state index is 0.150. The summed E-state index contributed by atoms with van der Waals surface area (Å²) in [5.41, 5.74) is 0. The highest BCUT2D eigenvalue weighted by Crippen LogP contribution is 2.45. The third-order valence-electron chi connectivity index (χ3n) is 4.41. The number of unbranched alkanes of at least 4 members (excludes halogenated alkanes) is 8. The molecule has 4 nitrogen and oxygen atoms in total. The molecule has 0 aliphatic heterocycles. The Hall–Kier alpha value is -0.830. The van der Waals surface area contributed by atoms with Crippen LogP contribution in [0.5, 0.6) is 5.75 Å². The van der Waals surface area contributed by atoms with Crippen molar-refractivity contribution in [2.45, 2.75) is 69.2 Å². The summed E-state index contributed by atoms with van der Waals surface area (Å²) >= 11 is 3.89. The van der Waals surface area contributed by atoms with E-state index in [0.29, 0.717) is 25.7 Å². The molecule has 0 heterocycles. The highest BCUT2D eigenvalue weighted by molar-refractivity contribution is 7.89. The maximum absolute atomic E-state index is 13.4. The van der Waals surface area contributed by atoms with Crippen molar-refractivity contribution >= 4 is 20.2 Å². The number of halogens is 5. The lowest BCUT2D eigenvalue weighted by molar-refractivity contribution is 0.255. The minimum atomic E-state index is -4.11. The van der Waals surface area contributed by atoms with E-state index in [1.54, 1.807) is 0 Å². The number of thiol groups is 1. The Kier molecular flexibility index (Phi) is 11.5. The molecule has 11 heteroatoms. The van der Waals surface area contributed by atoms with Crippen LogP contribution in [0, 0.1) is 29.1 Å². The normalized spacial score (nSPS) is 13.0. The zero-order valence-electron chi connectivity index (χ0n) is 15.9. The fourth-order valence-electron chi connectivity index (χ4n) is 2.72. The maximum Gasteiger partial charge on any atom is 0.338 e. The van der Waals surface area contributed by atoms with Gasteiger partial charge in [0.15, 0.2) is 5.75 Å². The van der Waals surface area contributed by atoms with Crippen LogP contribution in [0.25, 0.3) is 0 Å². The molecule has 0 amide bonds. The molecule has 0 saturated carbocycles. The number of ether oxygens (including phenoxy) is 1. The summed E-state index contributed by atoms with van der Waals surface area (Å²) < 4.78 is 81.5. The van der Waals surface area contributed by atoms with E-state index in [4.69, 9.17) is 14.5 Å². The molecule has 1 unspecified atom stereocenters. The van der Waals surface area contributed by atoms with Gasteiger partial charge < -0.3 is 14.5 Å². The fourth-order valence-corrected chi connectivity index (χ4v) is 3.42. The van der Waals surface area contributed by atoms with Gasteiger partial charge in [-0.2, -0.15) is 21.4 Å². The molecule has 0 bridgehead atoms. The summed E-state index contributed by atoms with van der Waals surface area (Å²) in [6.45, 7) is -0.150. The highest BCUT2D eigenvalue weighted by Gasteiger charge is 2.27. The van der Waals surface area contributed by atoms with Crippen molar-refractivity contribution in [1.29, 1.82) is 0 Å². The first-order valence-electron chi connectivity index (χ1n) is 9.44. The van der Waals surface area contributed by atoms with Crippen molar-refractivity contribution in [3.63, 3.8) is 0 Å². The maximum atomic E-state index is 13.4. The van der Waals surface area contributed by atoms with Crippen molar-refractivity contribution in [3.8, 4) is 5.75 Å². The minimum Gasteiger partial charge on any atom is -0.487 e. The lowest BCUT2D eigenvalue weighted by atomic mass is 10.1. The SMILES string of the molecule is O=P(O)(O)C(S)CCCCCCCCCCCOc1c(F)c(F)c(F)c(F)c1F. The molecule has 0 radical (unpaired) electrons. The second-order valence-electron chi connectivity index (χ2n) is 6.79. The first-order valence-corrected chi connectivity index (χ1v) is 11.6. The topological polar surface area (TPSA) is 66.8 Å². The standard InChI is InChI=1S/C18H26F5O4PS/c19-13-14(20)16(22)18(17(23)15(13)21)27-11-9-7-5-3-1-2-4-6-8-10-12(29)28(24,25)26/h12,29H,1-11H2,(H2,24,25,26). The Morgan fingerprint density at radius 2 is 1.10 bits per heavy atom. The highest BCUT2D eigenvalue weighted by atomic mass is 32.1. The van der Waals surface area contributed by atoms with Crippen molar-refractivity contribution in [3.05, 3.63) is 29.1 Å². The van der Waals surface area contributed by atoms with Gasteiger partial charge in [-0.05, 0) is 12.8 Å². The van der Waals surface area contributed by atoms with Crippen LogP contribution in [0.2, 0.25) is 0 Å². The first-order chi connectivity index (χ1) is 13.6. The summed E-state index contributed by atoms with van der Waals surface area (Å²) in [5, 5.41) is 0. The van der Waals surface area contributed by atoms with Crippen molar-refractivity contribution < 1.29 is 41.0 Å². The summed E-state index contributed by atoms with van der Waals surface area (Å²) in [4.78, 5) is 16.9. The number of hydrogen-bond donors (Lipinski definition) is 3. The van der Waals surface area contributed by atoms with E-state index >= 15 is 0 Å². The van der Waals surface area contributed by atoms with Crippen LogP contribution >= 0.6 is 20.2 Å². The molecule has 168 valence electrons. The summed E-state index contributed by atoms with van der Waals surface area (Å²) in [6.07, 6.45) is 7.74. The Balaban J connectivity index is 2.08. The lowest BCUT2D eigenvalue weighted by Gasteiger charge is -2.11. The van der Waals surface area contributed by atoms with Gasteiger partial charge in [0, 0.05) is 0 Å². The van der Waals surface area contributed by atoms with Crippen molar-refractivity contribution in [2.75, 3.05) is 6.61 Å². The van der Waals surface area contributed by atoms with Crippen molar-refractivity contribution in [2.24, 2.45) is 0 Å². The molecular weight excluding hydrogens is 438 g/mol. The van der Waals surface area contributed by atoms with E-state index in [2.05, 4.69) is 12.6 Å². The van der Waals surface area contributed by atoms with Gasteiger partial charge in [-0.15, -0.1) is 0 Å². The Morgan fingerprint density at radius 3 is 1.55 bits per heavy atom. The first kappa shape index (κ1) is 26.2. The molecule has 2 N–H and O–H groups in total. The molecule has 0 saturated heterocycles. The molecule has 0 fully saturated rings. The van der Waals surface area contributed by atoms with Crippen LogP contribution in [0.4, 0.5) is 22.0 Å². The fraction of sp³-hybridized carbons (Fsp3) is 0.667. The van der Waals surface area contributed by atoms with E-state index in [1.165, 1.54) is 0 Å². The van der Waals surface area contributed by atoms with Crippen LogP contribution in [-0.4, -0.2) is 21.4 Å². The van der Waals surface area contributed by atoms with Gasteiger partial charge >= 0.3 is 7.60 Å². The molecular formula is C18H26F5O4PS. The number of benzene rings is 1. The average Bonchev–Trinajstić information content (AvgIpc) is 2.67. The summed E-state index contributed by atoms with van der Waals surface area (Å²) in [7, 11) is -4.11. The van der Waals surface area contributed by atoms with Crippen LogP contribution in [-0.2, 0) is 4.57 Å². The monoisotopic (exact) mass is 464 g/mol. The van der Waals surface area contributed by atoms with Gasteiger partial charge in [-0.3, -0.25) is 4.57 Å². The van der Waals surface area contributed by atoms with Gasteiger partial charge in [-0.1, -0.05) is 51.4 Å². The Bertz CT molecular complexity index is 672. The van der Waals surface area contributed by atoms with Crippen LogP contribution < -0.4 is 4.74 Å². The zero-order valence-corrected chi connectivity index (χ0v) is 17.6. The van der Waals surface area contributed by atoms with Gasteiger partial charge in [0.25, 0.3) is 0 Å². The lowest BCUT2D eigenvalue weighted by Crippen LogP contribution is -2.08. The molecule has 1 aromatic carbocycles. The smallest absolute Gasteiger partial charge is 0.338 e. The predicted molar refractivity (Wildman–Crippen MR) is 103 cm³/mol. The van der Waals surface area contributed by atoms with E-state index in [1.807, 2.05) is 0 Å². The largest absolute Gasteiger partial charge is 0.487 e. The van der Waals surface area contributed by atoms with Crippen LogP contribution in [0.15, 0.2) is 0 Å². The Morgan fingerprint density at radius 1 is 0.724 bits per heavy atom. The second-order valence-corrected chi connectivity index (χ2v) is 9.62. The molecule has 1 atom stereocenters.